The summed E-state index contributed by atoms with van der Waals surface area (Å²) in [6.45, 7) is 5.63. The molecule has 0 aromatic rings. The fourth-order valence-corrected chi connectivity index (χ4v) is 1.17. The minimum absolute atomic E-state index is 0.307. The Labute approximate surface area is 75.2 Å². The van der Waals surface area contributed by atoms with E-state index in [0.29, 0.717) is 13.0 Å². The molecule has 0 aromatic heterocycles. The molecule has 2 nitrogen and oxygen atoms in total. The molecular weight excluding hydrogens is 152 g/mol. The van der Waals surface area contributed by atoms with Gasteiger partial charge >= 0.3 is 0 Å². The summed E-state index contributed by atoms with van der Waals surface area (Å²) in [6.07, 6.45) is 5.61. The van der Waals surface area contributed by atoms with E-state index >= 15 is 0 Å². The van der Waals surface area contributed by atoms with Crippen molar-refractivity contribution in [1.29, 1.82) is 0 Å². The molecule has 1 atom stereocenters. The molecular formula is C10H19O2. The van der Waals surface area contributed by atoms with Crippen LogP contribution in [0.3, 0.4) is 0 Å². The summed E-state index contributed by atoms with van der Waals surface area (Å²) >= 11 is 0. The quantitative estimate of drug-likeness (QED) is 0.427. The number of allylic oxidation sites excluding steroid dienone is 1. The SMILES string of the molecule is C=CCCCCC(C)([O])COC. The Morgan fingerprint density at radius 2 is 2.17 bits per heavy atom. The lowest BCUT2D eigenvalue weighted by atomic mass is 9.99. The van der Waals surface area contributed by atoms with E-state index < -0.39 is 5.60 Å². The summed E-state index contributed by atoms with van der Waals surface area (Å²) in [7, 11) is 1.57. The molecule has 1 radical (unpaired) electrons. The van der Waals surface area contributed by atoms with Gasteiger partial charge in [-0.25, -0.2) is 5.11 Å². The molecule has 0 rings (SSSR count). The minimum Gasteiger partial charge on any atom is -0.382 e. The molecule has 0 saturated heterocycles. The molecule has 0 aromatic carbocycles. The van der Waals surface area contributed by atoms with Crippen molar-refractivity contribution in [3.63, 3.8) is 0 Å². The van der Waals surface area contributed by atoms with E-state index in [9.17, 15) is 5.11 Å². The molecule has 0 amide bonds. The van der Waals surface area contributed by atoms with Crippen LogP contribution in [0.5, 0.6) is 0 Å². The van der Waals surface area contributed by atoms with Gasteiger partial charge < -0.3 is 4.74 Å². The maximum Gasteiger partial charge on any atom is 0.124 e. The maximum atomic E-state index is 11.5. The molecule has 2 heteroatoms. The average Bonchev–Trinajstić information content (AvgIpc) is 1.98. The second-order valence-corrected chi connectivity index (χ2v) is 3.42. The van der Waals surface area contributed by atoms with Crippen molar-refractivity contribution in [2.75, 3.05) is 13.7 Å². The monoisotopic (exact) mass is 171 g/mol. The fourth-order valence-electron chi connectivity index (χ4n) is 1.17. The number of hydrogen-bond donors (Lipinski definition) is 0. The van der Waals surface area contributed by atoms with E-state index in [4.69, 9.17) is 4.74 Å². The second-order valence-electron chi connectivity index (χ2n) is 3.42. The van der Waals surface area contributed by atoms with E-state index in [0.717, 1.165) is 19.3 Å². The summed E-state index contributed by atoms with van der Waals surface area (Å²) in [5, 5.41) is 11.5. The zero-order valence-corrected chi connectivity index (χ0v) is 8.14. The summed E-state index contributed by atoms with van der Waals surface area (Å²) in [4.78, 5) is 0. The van der Waals surface area contributed by atoms with Gasteiger partial charge in [0.25, 0.3) is 0 Å². The van der Waals surface area contributed by atoms with Crippen LogP contribution in [0.25, 0.3) is 0 Å². The molecule has 0 aliphatic heterocycles. The average molecular weight is 171 g/mol. The van der Waals surface area contributed by atoms with E-state index in [1.165, 1.54) is 0 Å². The third kappa shape index (κ3) is 6.38. The van der Waals surface area contributed by atoms with E-state index in [2.05, 4.69) is 6.58 Å². The first kappa shape index (κ1) is 11.7. The van der Waals surface area contributed by atoms with Crippen LogP contribution in [0.1, 0.15) is 32.6 Å². The van der Waals surface area contributed by atoms with Gasteiger partial charge in [-0.05, 0) is 26.2 Å². The molecule has 0 aliphatic carbocycles. The zero-order valence-electron chi connectivity index (χ0n) is 8.14. The summed E-state index contributed by atoms with van der Waals surface area (Å²) in [6, 6.07) is 0. The van der Waals surface area contributed by atoms with Crippen LogP contribution in [0.15, 0.2) is 12.7 Å². The lowest BCUT2D eigenvalue weighted by molar-refractivity contribution is -0.0740. The minimum atomic E-state index is -0.907. The Kier molecular flexibility index (Phi) is 6.03. The Hall–Kier alpha value is -0.340. The van der Waals surface area contributed by atoms with Crippen molar-refractivity contribution < 1.29 is 9.84 Å². The van der Waals surface area contributed by atoms with Crippen LogP contribution < -0.4 is 0 Å². The van der Waals surface area contributed by atoms with E-state index in [1.807, 2.05) is 6.08 Å². The highest BCUT2D eigenvalue weighted by atomic mass is 16.5. The summed E-state index contributed by atoms with van der Waals surface area (Å²) < 4.78 is 4.83. The summed E-state index contributed by atoms with van der Waals surface area (Å²) in [5.74, 6) is 0. The van der Waals surface area contributed by atoms with Gasteiger partial charge in [-0.2, -0.15) is 0 Å². The van der Waals surface area contributed by atoms with Gasteiger partial charge in [-0.3, -0.25) is 0 Å². The van der Waals surface area contributed by atoms with Gasteiger partial charge in [0, 0.05) is 7.11 Å². The predicted octanol–water partition coefficient (Wildman–Crippen LogP) is 2.57. The highest BCUT2D eigenvalue weighted by molar-refractivity contribution is 4.72. The van der Waals surface area contributed by atoms with Crippen LogP contribution in [0.4, 0.5) is 0 Å². The molecule has 0 N–H and O–H groups in total. The van der Waals surface area contributed by atoms with E-state index in [-0.39, 0.29) is 0 Å². The molecule has 0 saturated carbocycles. The van der Waals surface area contributed by atoms with Crippen LogP contribution in [0.2, 0.25) is 0 Å². The number of methoxy groups -OCH3 is 1. The van der Waals surface area contributed by atoms with E-state index in [1.54, 1.807) is 14.0 Å². The first-order chi connectivity index (χ1) is 5.62. The van der Waals surface area contributed by atoms with Crippen molar-refractivity contribution >= 4 is 0 Å². The lowest BCUT2D eigenvalue weighted by Gasteiger charge is -2.18. The molecule has 0 aliphatic rings. The Morgan fingerprint density at radius 3 is 2.67 bits per heavy atom. The molecule has 0 spiro atoms. The highest BCUT2D eigenvalue weighted by Crippen LogP contribution is 2.15. The molecule has 71 valence electrons. The second kappa shape index (κ2) is 6.21. The van der Waals surface area contributed by atoms with Crippen molar-refractivity contribution in [1.82, 2.24) is 0 Å². The molecule has 12 heavy (non-hydrogen) atoms. The molecule has 0 bridgehead atoms. The Morgan fingerprint density at radius 1 is 1.50 bits per heavy atom. The van der Waals surface area contributed by atoms with Gasteiger partial charge in [0.2, 0.25) is 0 Å². The Bertz CT molecular complexity index is 119. The van der Waals surface area contributed by atoms with Crippen molar-refractivity contribution in [2.45, 2.75) is 38.2 Å². The largest absolute Gasteiger partial charge is 0.382 e. The predicted molar refractivity (Wildman–Crippen MR) is 49.6 cm³/mol. The normalized spacial score (nSPS) is 15.6. The lowest BCUT2D eigenvalue weighted by Crippen LogP contribution is -2.28. The van der Waals surface area contributed by atoms with Gasteiger partial charge in [0.05, 0.1) is 6.61 Å². The standard InChI is InChI=1S/C10H19O2/c1-4-5-6-7-8-10(2,11)9-12-3/h4H,1,5-9H2,2-3H3. The van der Waals surface area contributed by atoms with Crippen molar-refractivity contribution in [3.8, 4) is 0 Å². The van der Waals surface area contributed by atoms with Gasteiger partial charge in [-0.15, -0.1) is 6.58 Å². The van der Waals surface area contributed by atoms with Crippen LogP contribution in [-0.2, 0) is 9.84 Å². The Balaban J connectivity index is 3.39. The molecule has 1 unspecified atom stereocenters. The van der Waals surface area contributed by atoms with Crippen LogP contribution >= 0.6 is 0 Å². The third-order valence-corrected chi connectivity index (χ3v) is 1.81. The highest BCUT2D eigenvalue weighted by Gasteiger charge is 2.21. The summed E-state index contributed by atoms with van der Waals surface area (Å²) in [5.41, 5.74) is -0.907. The molecule has 0 fully saturated rings. The fraction of sp³-hybridized carbons (Fsp3) is 0.800. The number of rotatable bonds is 7. The van der Waals surface area contributed by atoms with Gasteiger partial charge in [0.1, 0.15) is 5.60 Å². The zero-order chi connectivity index (χ0) is 9.45. The maximum absolute atomic E-state index is 11.5. The topological polar surface area (TPSA) is 29.1 Å². The number of unbranched alkanes of at least 4 members (excludes halogenated alkanes) is 2. The number of hydrogen-bond acceptors (Lipinski definition) is 1. The van der Waals surface area contributed by atoms with Crippen LogP contribution in [-0.4, -0.2) is 19.3 Å². The van der Waals surface area contributed by atoms with Gasteiger partial charge in [-0.1, -0.05) is 12.5 Å². The number of ether oxygens (including phenoxy) is 1. The van der Waals surface area contributed by atoms with Crippen molar-refractivity contribution in [2.24, 2.45) is 0 Å². The first-order valence-electron chi connectivity index (χ1n) is 4.42. The molecule has 0 heterocycles. The smallest absolute Gasteiger partial charge is 0.124 e. The van der Waals surface area contributed by atoms with Crippen LogP contribution in [0, 0.1) is 0 Å². The van der Waals surface area contributed by atoms with Gasteiger partial charge in [0.15, 0.2) is 0 Å². The third-order valence-electron chi connectivity index (χ3n) is 1.81. The van der Waals surface area contributed by atoms with Crippen molar-refractivity contribution in [3.05, 3.63) is 12.7 Å². The first-order valence-corrected chi connectivity index (χ1v) is 4.42.